The van der Waals surface area contributed by atoms with Crippen molar-refractivity contribution in [3.63, 3.8) is 0 Å². The van der Waals surface area contributed by atoms with Gasteiger partial charge in [-0.3, -0.25) is 4.57 Å². The number of hydrogen-bond acceptors (Lipinski definition) is 4. The van der Waals surface area contributed by atoms with Crippen LogP contribution in [0.5, 0.6) is 0 Å². The molecule has 0 atom stereocenters. The Bertz CT molecular complexity index is 2800. The highest BCUT2D eigenvalue weighted by molar-refractivity contribution is 6.15. The molecule has 48 heavy (non-hydrogen) atoms. The molecule has 0 fully saturated rings. The lowest BCUT2D eigenvalue weighted by molar-refractivity contribution is 0.672. The van der Waals surface area contributed by atoms with E-state index < -0.39 is 0 Å². The first-order chi connectivity index (χ1) is 23.8. The lowest BCUT2D eigenvalue weighted by Crippen LogP contribution is -2.06. The van der Waals surface area contributed by atoms with Crippen molar-refractivity contribution in [3.8, 4) is 39.9 Å². The molecule has 0 saturated carbocycles. The molecule has 0 unspecified atom stereocenters. The van der Waals surface area contributed by atoms with Gasteiger partial charge in [-0.2, -0.15) is 9.97 Å². The first-order valence-electron chi connectivity index (χ1n) is 16.0. The lowest BCUT2D eigenvalue weighted by atomic mass is 9.98. The number of hydrogen-bond donors (Lipinski definition) is 0. The summed E-state index contributed by atoms with van der Waals surface area (Å²) in [5, 5.41) is 6.83. The molecule has 0 bridgehead atoms. The largest absolute Gasteiger partial charge is 0.455 e. The monoisotopic (exact) mass is 614 g/mol. The van der Waals surface area contributed by atoms with Crippen molar-refractivity contribution < 1.29 is 4.42 Å². The van der Waals surface area contributed by atoms with E-state index in [-0.39, 0.29) is 0 Å². The Morgan fingerprint density at radius 1 is 0.396 bits per heavy atom. The van der Waals surface area contributed by atoms with Crippen molar-refractivity contribution in [2.24, 2.45) is 0 Å². The third-order valence-corrected chi connectivity index (χ3v) is 9.25. The van der Waals surface area contributed by atoms with Crippen LogP contribution in [0.15, 0.2) is 162 Å². The van der Waals surface area contributed by atoms with Gasteiger partial charge in [0.1, 0.15) is 11.2 Å². The molecule has 3 aromatic heterocycles. The lowest BCUT2D eigenvalue weighted by Gasteiger charge is -2.12. The molecule has 0 amide bonds. The number of rotatable bonds is 4. The Morgan fingerprint density at radius 2 is 1.00 bits per heavy atom. The molecule has 0 aliphatic rings. The summed E-state index contributed by atoms with van der Waals surface area (Å²) in [5.74, 6) is 1.83. The molecule has 5 nitrogen and oxygen atoms in total. The van der Waals surface area contributed by atoms with Gasteiger partial charge in [0.05, 0.1) is 11.0 Å². The number of para-hydroxylation sites is 3. The zero-order chi connectivity index (χ0) is 31.6. The van der Waals surface area contributed by atoms with Gasteiger partial charge in [0.25, 0.3) is 0 Å². The summed E-state index contributed by atoms with van der Waals surface area (Å²) in [6.07, 6.45) is 0. The molecular formula is C43H26N4O. The zero-order valence-corrected chi connectivity index (χ0v) is 25.7. The average molecular weight is 615 g/mol. The van der Waals surface area contributed by atoms with Gasteiger partial charge in [-0.25, -0.2) is 4.98 Å². The fraction of sp³-hybridized carbons (Fsp3) is 0. The predicted octanol–water partition coefficient (Wildman–Crippen LogP) is 11.0. The highest BCUT2D eigenvalue weighted by atomic mass is 16.3. The second-order valence-electron chi connectivity index (χ2n) is 12.1. The number of aromatic nitrogens is 4. The molecule has 10 aromatic rings. The van der Waals surface area contributed by atoms with Gasteiger partial charge in [-0.1, -0.05) is 115 Å². The zero-order valence-electron chi connectivity index (χ0n) is 25.7. The van der Waals surface area contributed by atoms with Crippen LogP contribution >= 0.6 is 0 Å². The minimum absolute atomic E-state index is 0.585. The maximum Gasteiger partial charge on any atom is 0.238 e. The van der Waals surface area contributed by atoms with Crippen LogP contribution in [0.1, 0.15) is 0 Å². The smallest absolute Gasteiger partial charge is 0.238 e. The van der Waals surface area contributed by atoms with Crippen molar-refractivity contribution in [1.29, 1.82) is 0 Å². The van der Waals surface area contributed by atoms with Gasteiger partial charge in [-0.15, -0.1) is 0 Å². The first kappa shape index (κ1) is 26.6. The van der Waals surface area contributed by atoms with Crippen LogP contribution in [0.4, 0.5) is 0 Å². The minimum Gasteiger partial charge on any atom is -0.455 e. The van der Waals surface area contributed by atoms with E-state index in [0.29, 0.717) is 17.6 Å². The molecular weight excluding hydrogens is 589 g/mol. The van der Waals surface area contributed by atoms with Crippen LogP contribution in [0.25, 0.3) is 94.4 Å². The SMILES string of the molecule is c1ccc(-c2nc(-c3cccc(-c4ccc5c(ccc6c7ccccc7oc56)c4)c3)nc(-n3c4ccccc4c4ccccc43)n2)cc1. The summed E-state index contributed by atoms with van der Waals surface area (Å²) in [7, 11) is 0. The standard InChI is InChI=1S/C43H26N4O/c1-2-11-27(12-3-1)41-44-42(46-43(45-41)47-37-18-7-4-15-33(37)34-16-5-8-19-38(34)47)31-14-10-13-28(26-31)29-21-23-32-30(25-29)22-24-36-35-17-6-9-20-39(35)48-40(32)36/h1-26H. The molecule has 0 aliphatic heterocycles. The highest BCUT2D eigenvalue weighted by Gasteiger charge is 2.18. The summed E-state index contributed by atoms with van der Waals surface area (Å²) in [6.45, 7) is 0. The Morgan fingerprint density at radius 3 is 1.79 bits per heavy atom. The summed E-state index contributed by atoms with van der Waals surface area (Å²) in [5.41, 5.74) is 7.98. The van der Waals surface area contributed by atoms with E-state index in [9.17, 15) is 0 Å². The van der Waals surface area contributed by atoms with E-state index >= 15 is 0 Å². The number of benzene rings is 7. The van der Waals surface area contributed by atoms with Crippen molar-refractivity contribution >= 4 is 54.5 Å². The maximum atomic E-state index is 6.31. The Labute approximate surface area is 275 Å². The van der Waals surface area contributed by atoms with Crippen molar-refractivity contribution in [2.75, 3.05) is 0 Å². The van der Waals surface area contributed by atoms with Gasteiger partial charge < -0.3 is 4.42 Å². The normalized spacial score (nSPS) is 11.8. The van der Waals surface area contributed by atoms with Crippen LogP contribution in [0, 0.1) is 0 Å². The van der Waals surface area contributed by atoms with Crippen LogP contribution in [-0.4, -0.2) is 19.5 Å². The van der Waals surface area contributed by atoms with Crippen molar-refractivity contribution in [3.05, 3.63) is 158 Å². The fourth-order valence-corrected chi connectivity index (χ4v) is 6.98. The van der Waals surface area contributed by atoms with Crippen LogP contribution in [0.3, 0.4) is 0 Å². The van der Waals surface area contributed by atoms with E-state index in [1.807, 2.05) is 42.5 Å². The molecule has 0 saturated heterocycles. The summed E-state index contributed by atoms with van der Waals surface area (Å²) in [4.78, 5) is 15.2. The number of fused-ring (bicyclic) bond motifs is 8. The average Bonchev–Trinajstić information content (AvgIpc) is 3.71. The number of furan rings is 1. The van der Waals surface area contributed by atoms with Crippen LogP contribution in [0.2, 0.25) is 0 Å². The van der Waals surface area contributed by atoms with Gasteiger partial charge >= 0.3 is 0 Å². The maximum absolute atomic E-state index is 6.31. The van der Waals surface area contributed by atoms with Crippen LogP contribution in [-0.2, 0) is 0 Å². The summed E-state index contributed by atoms with van der Waals surface area (Å²) in [6, 6.07) is 54.5. The minimum atomic E-state index is 0.585. The van der Waals surface area contributed by atoms with E-state index in [1.54, 1.807) is 0 Å². The van der Waals surface area contributed by atoms with Crippen molar-refractivity contribution in [2.45, 2.75) is 0 Å². The Hall–Kier alpha value is -6.59. The summed E-state index contributed by atoms with van der Waals surface area (Å²) < 4.78 is 8.45. The molecule has 10 rings (SSSR count). The van der Waals surface area contributed by atoms with Gasteiger partial charge in [-0.05, 0) is 59.0 Å². The van der Waals surface area contributed by atoms with Crippen molar-refractivity contribution in [1.82, 2.24) is 19.5 Å². The molecule has 5 heteroatoms. The summed E-state index contributed by atoms with van der Waals surface area (Å²) >= 11 is 0. The molecule has 0 aliphatic carbocycles. The third-order valence-electron chi connectivity index (χ3n) is 9.25. The second-order valence-corrected chi connectivity index (χ2v) is 12.1. The Kier molecular flexibility index (Phi) is 5.81. The molecule has 0 N–H and O–H groups in total. The molecule has 3 heterocycles. The second kappa shape index (κ2) is 10.5. The molecule has 7 aromatic carbocycles. The topological polar surface area (TPSA) is 56.7 Å². The van der Waals surface area contributed by atoms with E-state index in [2.05, 4.69) is 120 Å². The van der Waals surface area contributed by atoms with Gasteiger partial charge in [0.15, 0.2) is 11.6 Å². The first-order valence-corrected chi connectivity index (χ1v) is 16.0. The molecule has 0 radical (unpaired) electrons. The highest BCUT2D eigenvalue weighted by Crippen LogP contribution is 2.37. The van der Waals surface area contributed by atoms with Gasteiger partial charge in [0, 0.05) is 38.1 Å². The molecule has 0 spiro atoms. The van der Waals surface area contributed by atoms with E-state index in [4.69, 9.17) is 19.4 Å². The molecule has 224 valence electrons. The van der Waals surface area contributed by atoms with E-state index in [1.165, 1.54) is 0 Å². The Balaban J connectivity index is 1.14. The van der Waals surface area contributed by atoms with Gasteiger partial charge in [0.2, 0.25) is 5.95 Å². The number of nitrogens with zero attached hydrogens (tertiary/aromatic N) is 4. The third kappa shape index (κ3) is 4.15. The predicted molar refractivity (Wildman–Crippen MR) is 195 cm³/mol. The fourth-order valence-electron chi connectivity index (χ4n) is 6.98. The van der Waals surface area contributed by atoms with E-state index in [0.717, 1.165) is 76.8 Å². The quantitative estimate of drug-likeness (QED) is 0.198. The van der Waals surface area contributed by atoms with Crippen LogP contribution < -0.4 is 0 Å².